The standard InChI is InChI=1S/C11H16N2O2/c1-2-6-11(10(13)15)7-4-3-5-8(11)9(12)14/h3-5,7-8H,2,6H2,1H3,(H2,12,14)(H2,13,15). The lowest BCUT2D eigenvalue weighted by Gasteiger charge is -2.33. The summed E-state index contributed by atoms with van der Waals surface area (Å²) >= 11 is 0. The van der Waals surface area contributed by atoms with Crippen LogP contribution >= 0.6 is 0 Å². The first kappa shape index (κ1) is 11.5. The molecule has 2 amide bonds. The maximum atomic E-state index is 11.5. The summed E-state index contributed by atoms with van der Waals surface area (Å²) in [7, 11) is 0. The zero-order valence-corrected chi connectivity index (χ0v) is 8.77. The fourth-order valence-corrected chi connectivity index (χ4v) is 2.04. The molecule has 0 bridgehead atoms. The van der Waals surface area contributed by atoms with E-state index in [9.17, 15) is 9.59 Å². The normalized spacial score (nSPS) is 29.0. The molecule has 15 heavy (non-hydrogen) atoms. The minimum absolute atomic E-state index is 0.492. The maximum Gasteiger partial charge on any atom is 0.228 e. The Kier molecular flexibility index (Phi) is 3.29. The molecule has 0 radical (unpaired) electrons. The van der Waals surface area contributed by atoms with Gasteiger partial charge in [0.1, 0.15) is 0 Å². The molecule has 2 unspecified atom stereocenters. The summed E-state index contributed by atoms with van der Waals surface area (Å²) in [6, 6.07) is 0. The molecule has 0 aromatic rings. The van der Waals surface area contributed by atoms with Gasteiger partial charge in [0.05, 0.1) is 11.3 Å². The number of allylic oxidation sites excluding steroid dienone is 2. The van der Waals surface area contributed by atoms with Gasteiger partial charge in [-0.2, -0.15) is 0 Å². The average Bonchev–Trinajstić information content (AvgIpc) is 2.18. The van der Waals surface area contributed by atoms with Gasteiger partial charge >= 0.3 is 0 Å². The van der Waals surface area contributed by atoms with Gasteiger partial charge in [-0.25, -0.2) is 0 Å². The van der Waals surface area contributed by atoms with Crippen molar-refractivity contribution < 1.29 is 9.59 Å². The number of carbonyl (C=O) groups excluding carboxylic acids is 2. The van der Waals surface area contributed by atoms with Gasteiger partial charge in [0.15, 0.2) is 0 Å². The van der Waals surface area contributed by atoms with Crippen molar-refractivity contribution in [3.8, 4) is 0 Å². The molecule has 1 aliphatic carbocycles. The number of carbonyl (C=O) groups is 2. The predicted molar refractivity (Wildman–Crippen MR) is 57.5 cm³/mol. The Morgan fingerprint density at radius 1 is 1.33 bits per heavy atom. The van der Waals surface area contributed by atoms with E-state index in [-0.39, 0.29) is 0 Å². The van der Waals surface area contributed by atoms with Crippen LogP contribution in [0.15, 0.2) is 24.3 Å². The molecule has 1 rings (SSSR count). The van der Waals surface area contributed by atoms with Crippen LogP contribution in [-0.4, -0.2) is 11.8 Å². The molecular formula is C11H16N2O2. The highest BCUT2D eigenvalue weighted by atomic mass is 16.2. The smallest absolute Gasteiger partial charge is 0.228 e. The van der Waals surface area contributed by atoms with Gasteiger partial charge in [-0.3, -0.25) is 9.59 Å². The van der Waals surface area contributed by atoms with Gasteiger partial charge in [-0.05, 0) is 6.42 Å². The Balaban J connectivity index is 3.13. The predicted octanol–water partition coefficient (Wildman–Crippen LogP) is 0.486. The molecule has 0 fully saturated rings. The van der Waals surface area contributed by atoms with E-state index in [0.717, 1.165) is 6.42 Å². The summed E-state index contributed by atoms with van der Waals surface area (Å²) in [6.45, 7) is 1.94. The number of hydrogen-bond donors (Lipinski definition) is 2. The van der Waals surface area contributed by atoms with E-state index < -0.39 is 23.1 Å². The zero-order chi connectivity index (χ0) is 11.5. The topological polar surface area (TPSA) is 86.2 Å². The molecule has 82 valence electrons. The van der Waals surface area contributed by atoms with Crippen LogP contribution < -0.4 is 11.5 Å². The summed E-state index contributed by atoms with van der Waals surface area (Å²) in [5, 5.41) is 0. The molecule has 0 aliphatic heterocycles. The van der Waals surface area contributed by atoms with Crippen molar-refractivity contribution in [3.05, 3.63) is 24.3 Å². The highest BCUT2D eigenvalue weighted by Gasteiger charge is 2.43. The Morgan fingerprint density at radius 2 is 2.00 bits per heavy atom. The van der Waals surface area contributed by atoms with Crippen LogP contribution in [-0.2, 0) is 9.59 Å². The number of amides is 2. The van der Waals surface area contributed by atoms with Crippen molar-refractivity contribution in [1.82, 2.24) is 0 Å². The van der Waals surface area contributed by atoms with Crippen molar-refractivity contribution >= 4 is 11.8 Å². The van der Waals surface area contributed by atoms with E-state index in [2.05, 4.69) is 0 Å². The Labute approximate surface area is 89.0 Å². The first-order valence-electron chi connectivity index (χ1n) is 5.00. The Hall–Kier alpha value is -1.58. The minimum Gasteiger partial charge on any atom is -0.369 e. The molecule has 2 atom stereocenters. The molecule has 0 spiro atoms. The van der Waals surface area contributed by atoms with Gasteiger partial charge in [-0.15, -0.1) is 0 Å². The maximum absolute atomic E-state index is 11.5. The summed E-state index contributed by atoms with van der Waals surface area (Å²) < 4.78 is 0. The van der Waals surface area contributed by atoms with E-state index in [0.29, 0.717) is 6.42 Å². The number of hydrogen-bond acceptors (Lipinski definition) is 2. The van der Waals surface area contributed by atoms with E-state index >= 15 is 0 Å². The Bertz CT molecular complexity index is 333. The molecule has 4 heteroatoms. The second-order valence-electron chi connectivity index (χ2n) is 3.78. The van der Waals surface area contributed by atoms with Gasteiger partial charge in [0, 0.05) is 0 Å². The van der Waals surface area contributed by atoms with Gasteiger partial charge in [0.25, 0.3) is 0 Å². The molecule has 0 aromatic carbocycles. The Morgan fingerprint density at radius 3 is 2.47 bits per heavy atom. The van der Waals surface area contributed by atoms with Crippen LogP contribution in [0.4, 0.5) is 0 Å². The van der Waals surface area contributed by atoms with Crippen LogP contribution in [0.5, 0.6) is 0 Å². The quantitative estimate of drug-likeness (QED) is 0.704. The van der Waals surface area contributed by atoms with Gasteiger partial charge in [-0.1, -0.05) is 37.6 Å². The third-order valence-electron chi connectivity index (χ3n) is 2.79. The molecule has 0 saturated heterocycles. The lowest BCUT2D eigenvalue weighted by Crippen LogP contribution is -2.47. The molecule has 0 saturated carbocycles. The van der Waals surface area contributed by atoms with Crippen molar-refractivity contribution in [2.45, 2.75) is 19.8 Å². The highest BCUT2D eigenvalue weighted by Crippen LogP contribution is 2.37. The van der Waals surface area contributed by atoms with E-state index in [1.807, 2.05) is 6.92 Å². The van der Waals surface area contributed by atoms with Crippen LogP contribution in [0.1, 0.15) is 19.8 Å². The largest absolute Gasteiger partial charge is 0.369 e. The van der Waals surface area contributed by atoms with Gasteiger partial charge in [0.2, 0.25) is 11.8 Å². The zero-order valence-electron chi connectivity index (χ0n) is 8.77. The van der Waals surface area contributed by atoms with E-state index in [1.165, 1.54) is 0 Å². The van der Waals surface area contributed by atoms with Crippen molar-refractivity contribution in [1.29, 1.82) is 0 Å². The summed E-state index contributed by atoms with van der Waals surface area (Å²) in [5.74, 6) is -1.63. The second-order valence-corrected chi connectivity index (χ2v) is 3.78. The summed E-state index contributed by atoms with van der Waals surface area (Å²) in [4.78, 5) is 22.8. The highest BCUT2D eigenvalue weighted by molar-refractivity contribution is 5.92. The molecule has 4 nitrogen and oxygen atoms in total. The van der Waals surface area contributed by atoms with Crippen LogP contribution in [0.2, 0.25) is 0 Å². The van der Waals surface area contributed by atoms with Crippen molar-refractivity contribution in [3.63, 3.8) is 0 Å². The molecule has 1 aliphatic rings. The van der Waals surface area contributed by atoms with Crippen LogP contribution in [0.3, 0.4) is 0 Å². The molecule has 0 aromatic heterocycles. The van der Waals surface area contributed by atoms with Crippen LogP contribution in [0, 0.1) is 11.3 Å². The lowest BCUT2D eigenvalue weighted by molar-refractivity contribution is -0.134. The third-order valence-corrected chi connectivity index (χ3v) is 2.79. The molecule has 4 N–H and O–H groups in total. The SMILES string of the molecule is CCCC1(C(N)=O)C=CC=CC1C(N)=O. The van der Waals surface area contributed by atoms with E-state index in [4.69, 9.17) is 11.5 Å². The average molecular weight is 208 g/mol. The fourth-order valence-electron chi connectivity index (χ4n) is 2.04. The summed E-state index contributed by atoms with van der Waals surface area (Å²) in [5.41, 5.74) is 9.73. The second kappa shape index (κ2) is 4.29. The summed E-state index contributed by atoms with van der Waals surface area (Å²) in [6.07, 6.45) is 8.09. The monoisotopic (exact) mass is 208 g/mol. The third kappa shape index (κ3) is 1.93. The lowest BCUT2D eigenvalue weighted by atomic mass is 9.69. The number of primary amides is 2. The first-order chi connectivity index (χ1) is 7.04. The number of rotatable bonds is 4. The van der Waals surface area contributed by atoms with Crippen LogP contribution in [0.25, 0.3) is 0 Å². The molecular weight excluding hydrogens is 192 g/mol. The minimum atomic E-state index is -0.935. The van der Waals surface area contributed by atoms with Crippen molar-refractivity contribution in [2.75, 3.05) is 0 Å². The first-order valence-corrected chi connectivity index (χ1v) is 5.00. The van der Waals surface area contributed by atoms with Gasteiger partial charge < -0.3 is 11.5 Å². The van der Waals surface area contributed by atoms with Crippen molar-refractivity contribution in [2.24, 2.45) is 22.8 Å². The van der Waals surface area contributed by atoms with E-state index in [1.54, 1.807) is 24.3 Å². The number of nitrogens with two attached hydrogens (primary N) is 2. The fraction of sp³-hybridized carbons (Fsp3) is 0.455. The molecule has 0 heterocycles.